The van der Waals surface area contributed by atoms with Gasteiger partial charge in [-0.2, -0.15) is 11.8 Å². The molecule has 1 heterocycles. The lowest BCUT2D eigenvalue weighted by molar-refractivity contribution is 0.224. The summed E-state index contributed by atoms with van der Waals surface area (Å²) in [5.41, 5.74) is 3.00. The van der Waals surface area contributed by atoms with Gasteiger partial charge in [0.1, 0.15) is 0 Å². The highest BCUT2D eigenvalue weighted by Gasteiger charge is 2.18. The molecule has 1 saturated heterocycles. The summed E-state index contributed by atoms with van der Waals surface area (Å²) in [7, 11) is 0. The van der Waals surface area contributed by atoms with Crippen LogP contribution in [-0.4, -0.2) is 34.5 Å². The predicted octanol–water partition coefficient (Wildman–Crippen LogP) is 3.51. The molecule has 1 aromatic carbocycles. The molecule has 1 atom stereocenters. The molecule has 0 amide bonds. The van der Waals surface area contributed by atoms with Gasteiger partial charge >= 0.3 is 0 Å². The summed E-state index contributed by atoms with van der Waals surface area (Å²) in [5.74, 6) is 2.54. The van der Waals surface area contributed by atoms with Crippen molar-refractivity contribution in [1.29, 1.82) is 0 Å². The minimum absolute atomic E-state index is 0.175. The van der Waals surface area contributed by atoms with Crippen molar-refractivity contribution in [2.75, 3.05) is 18.1 Å². The van der Waals surface area contributed by atoms with Crippen LogP contribution in [0.1, 0.15) is 38.8 Å². The highest BCUT2D eigenvalue weighted by molar-refractivity contribution is 7.99. The minimum Gasteiger partial charge on any atom is -0.308 e. The first kappa shape index (κ1) is 15.9. The number of rotatable bonds is 4. The molecular formula is C17H28N2S. The molecule has 0 aromatic heterocycles. The molecule has 1 aliphatic heterocycles. The van der Waals surface area contributed by atoms with E-state index >= 15 is 0 Å². The third kappa shape index (κ3) is 5.12. The van der Waals surface area contributed by atoms with Gasteiger partial charge in [0.15, 0.2) is 0 Å². The molecule has 2 rings (SSSR count). The van der Waals surface area contributed by atoms with Crippen LogP contribution in [0.2, 0.25) is 0 Å². The molecule has 0 spiro atoms. The lowest BCUT2D eigenvalue weighted by Crippen LogP contribution is -2.39. The van der Waals surface area contributed by atoms with E-state index in [4.69, 9.17) is 0 Å². The average molecular weight is 292 g/mol. The molecule has 0 saturated carbocycles. The molecule has 0 bridgehead atoms. The number of thioether (sulfide) groups is 1. The van der Waals surface area contributed by atoms with Crippen molar-refractivity contribution in [3.8, 4) is 0 Å². The Balaban J connectivity index is 1.95. The minimum atomic E-state index is 0.175. The van der Waals surface area contributed by atoms with E-state index in [2.05, 4.69) is 73.9 Å². The molecule has 2 nitrogen and oxygen atoms in total. The first-order valence-corrected chi connectivity index (χ1v) is 8.74. The highest BCUT2D eigenvalue weighted by Crippen LogP contribution is 2.19. The van der Waals surface area contributed by atoms with Gasteiger partial charge in [0.2, 0.25) is 0 Å². The van der Waals surface area contributed by atoms with Gasteiger partial charge < -0.3 is 5.32 Å². The van der Waals surface area contributed by atoms with Crippen molar-refractivity contribution in [2.45, 2.75) is 52.4 Å². The second-order valence-electron chi connectivity index (χ2n) is 6.82. The second kappa shape index (κ2) is 6.97. The summed E-state index contributed by atoms with van der Waals surface area (Å²) in [6, 6.07) is 9.73. The highest BCUT2D eigenvalue weighted by atomic mass is 32.2. The number of nitrogens with one attached hydrogen (secondary N) is 1. The Labute approximate surface area is 128 Å². The van der Waals surface area contributed by atoms with E-state index in [-0.39, 0.29) is 5.54 Å². The van der Waals surface area contributed by atoms with Gasteiger partial charge in [-0.1, -0.05) is 24.3 Å². The Kier molecular flexibility index (Phi) is 5.53. The number of nitrogens with zero attached hydrogens (tertiary/aromatic N) is 1. The fourth-order valence-corrected chi connectivity index (χ4v) is 3.52. The molecule has 1 unspecified atom stereocenters. The summed E-state index contributed by atoms with van der Waals surface area (Å²) in [5, 5.41) is 3.56. The van der Waals surface area contributed by atoms with E-state index in [9.17, 15) is 0 Å². The Morgan fingerprint density at radius 2 is 2.05 bits per heavy atom. The molecule has 0 aliphatic carbocycles. The molecule has 20 heavy (non-hydrogen) atoms. The molecular weight excluding hydrogens is 264 g/mol. The summed E-state index contributed by atoms with van der Waals surface area (Å²) >= 11 is 2.08. The summed E-state index contributed by atoms with van der Waals surface area (Å²) in [4.78, 5) is 2.60. The Hall–Kier alpha value is -0.510. The van der Waals surface area contributed by atoms with Crippen molar-refractivity contribution in [3.05, 3.63) is 35.4 Å². The van der Waals surface area contributed by atoms with Crippen LogP contribution in [0.3, 0.4) is 0 Å². The average Bonchev–Trinajstić information content (AvgIpc) is 2.39. The van der Waals surface area contributed by atoms with Crippen LogP contribution in [0.15, 0.2) is 24.3 Å². The Morgan fingerprint density at radius 1 is 1.30 bits per heavy atom. The normalized spacial score (nSPS) is 21.1. The van der Waals surface area contributed by atoms with Crippen LogP contribution >= 0.6 is 11.8 Å². The van der Waals surface area contributed by atoms with Crippen LogP contribution < -0.4 is 5.32 Å². The standard InChI is InChI=1S/C17H28N2S/c1-14-13-20-9-8-19(14)12-16-7-5-6-15(10-16)11-18-17(2,3)4/h5-7,10,14,18H,8-9,11-13H2,1-4H3. The van der Waals surface area contributed by atoms with Crippen molar-refractivity contribution in [1.82, 2.24) is 10.2 Å². The van der Waals surface area contributed by atoms with Crippen molar-refractivity contribution in [3.63, 3.8) is 0 Å². The van der Waals surface area contributed by atoms with Gasteiger partial charge in [-0.25, -0.2) is 0 Å². The first-order valence-electron chi connectivity index (χ1n) is 7.59. The third-order valence-corrected chi connectivity index (χ3v) is 4.89. The van der Waals surface area contributed by atoms with Crippen LogP contribution in [0.4, 0.5) is 0 Å². The SMILES string of the molecule is CC1CSCCN1Cc1cccc(CNC(C)(C)C)c1. The van der Waals surface area contributed by atoms with Gasteiger partial charge in [-0.3, -0.25) is 4.90 Å². The van der Waals surface area contributed by atoms with Gasteiger partial charge in [-0.05, 0) is 38.8 Å². The zero-order valence-corrected chi connectivity index (χ0v) is 14.1. The zero-order valence-electron chi connectivity index (χ0n) is 13.3. The van der Waals surface area contributed by atoms with Crippen LogP contribution in [0.25, 0.3) is 0 Å². The van der Waals surface area contributed by atoms with Gasteiger partial charge in [-0.15, -0.1) is 0 Å². The van der Waals surface area contributed by atoms with Gasteiger partial charge in [0.25, 0.3) is 0 Å². The molecule has 3 heteroatoms. The molecule has 0 radical (unpaired) electrons. The second-order valence-corrected chi connectivity index (χ2v) is 7.97. The van der Waals surface area contributed by atoms with Crippen LogP contribution in [-0.2, 0) is 13.1 Å². The maximum atomic E-state index is 3.56. The third-order valence-electron chi connectivity index (χ3n) is 3.71. The molecule has 1 N–H and O–H groups in total. The fraction of sp³-hybridized carbons (Fsp3) is 0.647. The van der Waals surface area contributed by atoms with E-state index in [0.717, 1.165) is 13.1 Å². The summed E-state index contributed by atoms with van der Waals surface area (Å²) in [6.45, 7) is 12.2. The Bertz CT molecular complexity index is 425. The lowest BCUT2D eigenvalue weighted by Gasteiger charge is -2.33. The maximum absolute atomic E-state index is 3.56. The summed E-state index contributed by atoms with van der Waals surface area (Å²) in [6.07, 6.45) is 0. The predicted molar refractivity (Wildman–Crippen MR) is 90.2 cm³/mol. The van der Waals surface area contributed by atoms with E-state index < -0.39 is 0 Å². The van der Waals surface area contributed by atoms with Crippen LogP contribution in [0.5, 0.6) is 0 Å². The fourth-order valence-electron chi connectivity index (χ4n) is 2.44. The molecule has 1 fully saturated rings. The quantitative estimate of drug-likeness (QED) is 0.914. The number of benzene rings is 1. The smallest absolute Gasteiger partial charge is 0.0237 e. The van der Waals surface area contributed by atoms with Crippen molar-refractivity contribution < 1.29 is 0 Å². The molecule has 1 aromatic rings. The lowest BCUT2D eigenvalue weighted by atomic mass is 10.1. The van der Waals surface area contributed by atoms with Crippen molar-refractivity contribution >= 4 is 11.8 Å². The van der Waals surface area contributed by atoms with E-state index in [1.165, 1.54) is 29.2 Å². The summed E-state index contributed by atoms with van der Waals surface area (Å²) < 4.78 is 0. The monoisotopic (exact) mass is 292 g/mol. The molecule has 112 valence electrons. The Morgan fingerprint density at radius 3 is 2.75 bits per heavy atom. The van der Waals surface area contributed by atoms with Crippen LogP contribution in [0, 0.1) is 0 Å². The van der Waals surface area contributed by atoms with E-state index in [1.54, 1.807) is 0 Å². The molecule has 1 aliphatic rings. The van der Waals surface area contributed by atoms with Gasteiger partial charge in [0, 0.05) is 42.7 Å². The zero-order chi connectivity index (χ0) is 14.6. The van der Waals surface area contributed by atoms with Gasteiger partial charge in [0.05, 0.1) is 0 Å². The van der Waals surface area contributed by atoms with E-state index in [1.807, 2.05) is 0 Å². The maximum Gasteiger partial charge on any atom is 0.0237 e. The number of hydrogen-bond donors (Lipinski definition) is 1. The van der Waals surface area contributed by atoms with E-state index in [0.29, 0.717) is 6.04 Å². The number of hydrogen-bond acceptors (Lipinski definition) is 3. The topological polar surface area (TPSA) is 15.3 Å². The first-order chi connectivity index (χ1) is 9.44. The van der Waals surface area contributed by atoms with Crippen molar-refractivity contribution in [2.24, 2.45) is 0 Å². The largest absolute Gasteiger partial charge is 0.308 e.